The summed E-state index contributed by atoms with van der Waals surface area (Å²) < 4.78 is 44.1. The van der Waals surface area contributed by atoms with Crippen molar-refractivity contribution < 1.29 is 52.3 Å². The second-order valence-corrected chi connectivity index (χ2v) is 10.8. The molecule has 0 bridgehead atoms. The quantitative estimate of drug-likeness (QED) is 0.463. The number of methoxy groups -OCH3 is 1. The van der Waals surface area contributed by atoms with Crippen molar-refractivity contribution in [3.8, 4) is 11.5 Å². The average molecular weight is 599 g/mol. The molecule has 0 aromatic heterocycles. The van der Waals surface area contributed by atoms with Gasteiger partial charge in [-0.25, -0.2) is 9.59 Å². The van der Waals surface area contributed by atoms with Crippen molar-refractivity contribution in [2.45, 2.75) is 58.2 Å². The zero-order chi connectivity index (χ0) is 31.0. The fourth-order valence-corrected chi connectivity index (χ4v) is 3.79. The van der Waals surface area contributed by atoms with Gasteiger partial charge in [-0.05, 0) is 52.3 Å². The van der Waals surface area contributed by atoms with Gasteiger partial charge in [0.25, 0.3) is 0 Å². The number of hydrogen-bond donors (Lipinski definition) is 2. The molecule has 2 amide bonds. The first-order chi connectivity index (χ1) is 19.9. The van der Waals surface area contributed by atoms with Crippen LogP contribution in [-0.2, 0) is 44.4 Å². The highest BCUT2D eigenvalue weighted by Gasteiger charge is 2.38. The third-order valence-electron chi connectivity index (χ3n) is 5.83. The summed E-state index contributed by atoms with van der Waals surface area (Å²) in [4.78, 5) is 38.1. The number of fused-ring (bicyclic) bond motifs is 1. The molecule has 0 radical (unpaired) electrons. The van der Waals surface area contributed by atoms with Gasteiger partial charge < -0.3 is 48.5 Å². The molecule has 42 heavy (non-hydrogen) atoms. The average Bonchev–Trinajstić information content (AvgIpc) is 2.91. The molecular formula is C29H46N2O11. The normalized spacial score (nSPS) is 18.2. The summed E-state index contributed by atoms with van der Waals surface area (Å²) >= 11 is 0. The molecule has 0 unspecified atom stereocenters. The van der Waals surface area contributed by atoms with Crippen LogP contribution in [0.4, 0.5) is 4.79 Å². The Balaban J connectivity index is 2.25. The second-order valence-electron chi connectivity index (χ2n) is 10.8. The number of alkyl carbamates (subject to hydrolysis) is 1. The monoisotopic (exact) mass is 598 g/mol. The highest BCUT2D eigenvalue weighted by Crippen LogP contribution is 2.30. The van der Waals surface area contributed by atoms with Gasteiger partial charge in [0.2, 0.25) is 5.91 Å². The standard InChI is InChI=1S/C29H46N2O11/c1-21(25(32)35-6)30-26(33)29(5,31-27(34)42-28(2,3)4)20-22-7-8-23-24(19-22)41-18-16-39-14-12-37-10-9-36-11-13-38-15-17-40-23/h7-8,19,21H,9-18,20H2,1-6H3,(H,30,33)(H,31,34)/t21-,29-/m0/s1. The Kier molecular flexibility index (Phi) is 14.8. The van der Waals surface area contributed by atoms with Gasteiger partial charge in [-0.3, -0.25) is 4.79 Å². The summed E-state index contributed by atoms with van der Waals surface area (Å²) in [5, 5.41) is 5.28. The van der Waals surface area contributed by atoms with E-state index in [1.165, 1.54) is 14.0 Å². The molecule has 1 heterocycles. The van der Waals surface area contributed by atoms with Crippen LogP contribution in [0.15, 0.2) is 18.2 Å². The minimum atomic E-state index is -1.51. The van der Waals surface area contributed by atoms with E-state index in [1.807, 2.05) is 0 Å². The van der Waals surface area contributed by atoms with E-state index < -0.39 is 35.2 Å². The van der Waals surface area contributed by atoms with Gasteiger partial charge in [0.15, 0.2) is 11.5 Å². The van der Waals surface area contributed by atoms with Gasteiger partial charge in [-0.2, -0.15) is 0 Å². The fraction of sp³-hybridized carbons (Fsp3) is 0.690. The van der Waals surface area contributed by atoms with Gasteiger partial charge in [-0.15, -0.1) is 0 Å². The van der Waals surface area contributed by atoms with Crippen molar-refractivity contribution in [2.75, 3.05) is 73.2 Å². The molecule has 13 nitrogen and oxygen atoms in total. The van der Waals surface area contributed by atoms with Crippen LogP contribution in [0.2, 0.25) is 0 Å². The van der Waals surface area contributed by atoms with E-state index in [0.717, 1.165) is 0 Å². The maximum atomic E-state index is 13.4. The molecule has 0 spiro atoms. The van der Waals surface area contributed by atoms with E-state index in [4.69, 9.17) is 37.9 Å². The molecule has 1 aromatic carbocycles. The number of benzene rings is 1. The van der Waals surface area contributed by atoms with Gasteiger partial charge >= 0.3 is 12.1 Å². The lowest BCUT2D eigenvalue weighted by molar-refractivity contribution is -0.145. The molecule has 0 saturated carbocycles. The van der Waals surface area contributed by atoms with Crippen molar-refractivity contribution in [1.29, 1.82) is 0 Å². The summed E-state index contributed by atoms with van der Waals surface area (Å²) in [6, 6.07) is 4.29. The molecular weight excluding hydrogens is 552 g/mol. The van der Waals surface area contributed by atoms with Crippen LogP contribution >= 0.6 is 0 Å². The smallest absolute Gasteiger partial charge is 0.408 e. The molecule has 0 fully saturated rings. The Labute approximate surface area is 247 Å². The Bertz CT molecular complexity index is 998. The summed E-state index contributed by atoms with van der Waals surface area (Å²) in [5.41, 5.74) is -1.64. The minimum Gasteiger partial charge on any atom is -0.487 e. The molecule has 2 N–H and O–H groups in total. The van der Waals surface area contributed by atoms with Crippen LogP contribution < -0.4 is 20.1 Å². The van der Waals surface area contributed by atoms with Gasteiger partial charge in [0.1, 0.15) is 30.4 Å². The lowest BCUT2D eigenvalue weighted by atomic mass is 9.91. The van der Waals surface area contributed by atoms with E-state index in [-0.39, 0.29) is 19.6 Å². The van der Waals surface area contributed by atoms with Gasteiger partial charge in [0.05, 0.1) is 60.0 Å². The number of nitrogens with one attached hydrogen (secondary N) is 2. The van der Waals surface area contributed by atoms with E-state index in [9.17, 15) is 14.4 Å². The number of hydrogen-bond acceptors (Lipinski definition) is 11. The van der Waals surface area contributed by atoms with E-state index >= 15 is 0 Å². The molecule has 1 aliphatic rings. The SMILES string of the molecule is COC(=O)[C@H](C)NC(=O)[C@](C)(Cc1ccc2c(c1)OCCOCCOCCOCCOCCO2)NC(=O)OC(C)(C)C. The van der Waals surface area contributed by atoms with Gasteiger partial charge in [-0.1, -0.05) is 6.07 Å². The Morgan fingerprint density at radius 1 is 0.810 bits per heavy atom. The maximum absolute atomic E-state index is 13.4. The zero-order valence-electron chi connectivity index (χ0n) is 25.6. The number of amides is 2. The first-order valence-corrected chi connectivity index (χ1v) is 14.0. The highest BCUT2D eigenvalue weighted by molar-refractivity contribution is 5.92. The number of rotatable bonds is 6. The topological polar surface area (TPSA) is 149 Å². The first-order valence-electron chi connectivity index (χ1n) is 14.0. The predicted molar refractivity (Wildman–Crippen MR) is 152 cm³/mol. The molecule has 13 heteroatoms. The van der Waals surface area contributed by atoms with E-state index in [2.05, 4.69) is 10.6 Å². The highest BCUT2D eigenvalue weighted by atomic mass is 16.6. The lowest BCUT2D eigenvalue weighted by Crippen LogP contribution is -2.60. The van der Waals surface area contributed by atoms with Crippen LogP contribution in [0.3, 0.4) is 0 Å². The molecule has 0 saturated heterocycles. The number of carbonyl (C=O) groups is 3. The van der Waals surface area contributed by atoms with E-state index in [0.29, 0.717) is 69.9 Å². The maximum Gasteiger partial charge on any atom is 0.408 e. The predicted octanol–water partition coefficient (Wildman–Crippen LogP) is 2.03. The molecule has 0 aliphatic carbocycles. The largest absolute Gasteiger partial charge is 0.487 e. The Morgan fingerprint density at radius 3 is 1.81 bits per heavy atom. The van der Waals surface area contributed by atoms with Crippen molar-refractivity contribution >= 4 is 18.0 Å². The van der Waals surface area contributed by atoms with Crippen LogP contribution in [0, 0.1) is 0 Å². The molecule has 2 atom stereocenters. The third-order valence-corrected chi connectivity index (χ3v) is 5.83. The number of esters is 1. The van der Waals surface area contributed by atoms with Crippen LogP contribution in [0.25, 0.3) is 0 Å². The molecule has 238 valence electrons. The summed E-state index contributed by atoms with van der Waals surface area (Å²) in [6.07, 6.45) is -0.743. The van der Waals surface area contributed by atoms with Crippen molar-refractivity contribution in [3.05, 3.63) is 23.8 Å². The number of ether oxygens (including phenoxy) is 8. The number of carbonyl (C=O) groups excluding carboxylic acids is 3. The first kappa shape index (κ1) is 35.1. The van der Waals surface area contributed by atoms with Crippen LogP contribution in [0.1, 0.15) is 40.2 Å². The molecule has 1 aliphatic heterocycles. The zero-order valence-corrected chi connectivity index (χ0v) is 25.6. The fourth-order valence-electron chi connectivity index (χ4n) is 3.79. The summed E-state index contributed by atoms with van der Waals surface area (Å²) in [7, 11) is 1.23. The third kappa shape index (κ3) is 13.2. The van der Waals surface area contributed by atoms with Crippen molar-refractivity contribution in [1.82, 2.24) is 10.6 Å². The van der Waals surface area contributed by atoms with E-state index in [1.54, 1.807) is 45.9 Å². The Morgan fingerprint density at radius 2 is 1.31 bits per heavy atom. The lowest BCUT2D eigenvalue weighted by Gasteiger charge is -2.32. The molecule has 1 aromatic rings. The van der Waals surface area contributed by atoms with Crippen LogP contribution in [-0.4, -0.2) is 108 Å². The second kappa shape index (κ2) is 17.7. The summed E-state index contributed by atoms with van der Waals surface area (Å²) in [5.74, 6) is -0.310. The summed E-state index contributed by atoms with van der Waals surface area (Å²) in [6.45, 7) is 12.1. The molecule has 2 rings (SSSR count). The van der Waals surface area contributed by atoms with Crippen molar-refractivity contribution in [2.24, 2.45) is 0 Å². The van der Waals surface area contributed by atoms with Crippen molar-refractivity contribution in [3.63, 3.8) is 0 Å². The minimum absolute atomic E-state index is 0.0412. The Hall–Kier alpha value is -3.13. The van der Waals surface area contributed by atoms with Crippen LogP contribution in [0.5, 0.6) is 11.5 Å². The van der Waals surface area contributed by atoms with Gasteiger partial charge in [0, 0.05) is 6.42 Å².